The second-order valence-corrected chi connectivity index (χ2v) is 7.28. The standard InChI is InChI=1S/C13H21BrN2S/c1-2-15-9-11-5-7-16(8-6-11)10-12-3-4-13(14)17-12/h3-4,11,15H,2,5-10H2,1H3. The van der Waals surface area contributed by atoms with Gasteiger partial charge in [-0.25, -0.2) is 0 Å². The predicted octanol–water partition coefficient (Wildman–Crippen LogP) is 3.33. The zero-order chi connectivity index (χ0) is 12.1. The van der Waals surface area contributed by atoms with E-state index in [9.17, 15) is 0 Å². The molecular formula is C13H21BrN2S. The Hall–Kier alpha value is 0.1000. The summed E-state index contributed by atoms with van der Waals surface area (Å²) < 4.78 is 1.24. The van der Waals surface area contributed by atoms with E-state index in [1.807, 2.05) is 11.3 Å². The molecule has 0 spiro atoms. The molecule has 0 bridgehead atoms. The van der Waals surface area contributed by atoms with Crippen molar-refractivity contribution in [3.63, 3.8) is 0 Å². The van der Waals surface area contributed by atoms with Crippen LogP contribution < -0.4 is 5.32 Å². The molecule has 1 aromatic heterocycles. The van der Waals surface area contributed by atoms with Crippen molar-refractivity contribution < 1.29 is 0 Å². The van der Waals surface area contributed by atoms with E-state index in [-0.39, 0.29) is 0 Å². The Kier molecular flexibility index (Phi) is 5.48. The largest absolute Gasteiger partial charge is 0.317 e. The summed E-state index contributed by atoms with van der Waals surface area (Å²) in [5.74, 6) is 0.890. The van der Waals surface area contributed by atoms with Crippen LogP contribution in [0, 0.1) is 5.92 Å². The zero-order valence-electron chi connectivity index (χ0n) is 10.4. The van der Waals surface area contributed by atoms with Gasteiger partial charge in [0.15, 0.2) is 0 Å². The lowest BCUT2D eigenvalue weighted by atomic mass is 9.97. The van der Waals surface area contributed by atoms with E-state index < -0.39 is 0 Å². The first-order chi connectivity index (χ1) is 8.28. The van der Waals surface area contributed by atoms with Gasteiger partial charge in [-0.2, -0.15) is 0 Å². The molecule has 1 saturated heterocycles. The Balaban J connectivity index is 1.72. The normalized spacial score (nSPS) is 18.7. The van der Waals surface area contributed by atoms with Gasteiger partial charge in [0.25, 0.3) is 0 Å². The monoisotopic (exact) mass is 316 g/mol. The third-order valence-corrected chi connectivity index (χ3v) is 5.01. The summed E-state index contributed by atoms with van der Waals surface area (Å²) in [5, 5.41) is 3.46. The van der Waals surface area contributed by atoms with Crippen molar-refractivity contribution in [3.05, 3.63) is 20.8 Å². The first kappa shape index (κ1) is 13.5. The highest BCUT2D eigenvalue weighted by atomic mass is 79.9. The Morgan fingerprint density at radius 2 is 2.18 bits per heavy atom. The molecule has 0 radical (unpaired) electrons. The van der Waals surface area contributed by atoms with Crippen molar-refractivity contribution in [3.8, 4) is 0 Å². The van der Waals surface area contributed by atoms with Crippen LogP contribution in [0.5, 0.6) is 0 Å². The molecule has 0 saturated carbocycles. The van der Waals surface area contributed by atoms with Crippen molar-refractivity contribution in [2.75, 3.05) is 26.2 Å². The fourth-order valence-corrected chi connectivity index (χ4v) is 3.88. The van der Waals surface area contributed by atoms with Gasteiger partial charge in [-0.05, 0) is 73.0 Å². The van der Waals surface area contributed by atoms with Crippen LogP contribution >= 0.6 is 27.3 Å². The van der Waals surface area contributed by atoms with Crippen LogP contribution in [-0.2, 0) is 6.54 Å². The third-order valence-electron chi connectivity index (χ3n) is 3.40. The summed E-state index contributed by atoms with van der Waals surface area (Å²) >= 11 is 5.39. The van der Waals surface area contributed by atoms with Gasteiger partial charge >= 0.3 is 0 Å². The highest BCUT2D eigenvalue weighted by Gasteiger charge is 2.18. The summed E-state index contributed by atoms with van der Waals surface area (Å²) in [7, 11) is 0. The van der Waals surface area contributed by atoms with Gasteiger partial charge < -0.3 is 5.32 Å². The minimum atomic E-state index is 0.890. The molecule has 4 heteroatoms. The van der Waals surface area contributed by atoms with Gasteiger partial charge in [0.1, 0.15) is 0 Å². The number of nitrogens with one attached hydrogen (secondary N) is 1. The summed E-state index contributed by atoms with van der Waals surface area (Å²) in [5.41, 5.74) is 0. The predicted molar refractivity (Wildman–Crippen MR) is 78.6 cm³/mol. The second kappa shape index (κ2) is 6.88. The van der Waals surface area contributed by atoms with E-state index in [0.717, 1.165) is 19.0 Å². The molecule has 1 aliphatic rings. The van der Waals surface area contributed by atoms with Crippen molar-refractivity contribution in [1.82, 2.24) is 10.2 Å². The number of thiophene rings is 1. The number of rotatable bonds is 5. The number of halogens is 1. The molecule has 0 atom stereocenters. The minimum absolute atomic E-state index is 0.890. The van der Waals surface area contributed by atoms with Crippen molar-refractivity contribution in [2.45, 2.75) is 26.3 Å². The van der Waals surface area contributed by atoms with Gasteiger partial charge in [0, 0.05) is 11.4 Å². The molecular weight excluding hydrogens is 296 g/mol. The summed E-state index contributed by atoms with van der Waals surface area (Å²) in [6.07, 6.45) is 2.69. The molecule has 2 rings (SSSR count). The van der Waals surface area contributed by atoms with Gasteiger partial charge in [0.2, 0.25) is 0 Å². The average Bonchev–Trinajstić information content (AvgIpc) is 2.74. The SMILES string of the molecule is CCNCC1CCN(Cc2ccc(Br)s2)CC1. The molecule has 2 heterocycles. The van der Waals surface area contributed by atoms with Crippen molar-refractivity contribution in [1.29, 1.82) is 0 Å². The van der Waals surface area contributed by atoms with Crippen LogP contribution in [0.2, 0.25) is 0 Å². The Labute approximate surface area is 117 Å². The van der Waals surface area contributed by atoms with Crippen LogP contribution in [0.4, 0.5) is 0 Å². The lowest BCUT2D eigenvalue weighted by molar-refractivity contribution is 0.177. The first-order valence-corrected chi connectivity index (χ1v) is 8.06. The van der Waals surface area contributed by atoms with E-state index in [0.29, 0.717) is 0 Å². The maximum atomic E-state index is 3.53. The maximum absolute atomic E-state index is 3.53. The molecule has 1 aromatic rings. The number of likely N-dealkylation sites (tertiary alicyclic amines) is 1. The molecule has 96 valence electrons. The van der Waals surface area contributed by atoms with Crippen molar-refractivity contribution in [2.24, 2.45) is 5.92 Å². The molecule has 1 aliphatic heterocycles. The van der Waals surface area contributed by atoms with E-state index in [1.54, 1.807) is 0 Å². The fourth-order valence-electron chi connectivity index (χ4n) is 2.35. The average molecular weight is 317 g/mol. The van der Waals surface area contributed by atoms with E-state index in [4.69, 9.17) is 0 Å². The lowest BCUT2D eigenvalue weighted by Gasteiger charge is -2.31. The molecule has 0 amide bonds. The minimum Gasteiger partial charge on any atom is -0.317 e. The van der Waals surface area contributed by atoms with Gasteiger partial charge in [-0.3, -0.25) is 4.90 Å². The van der Waals surface area contributed by atoms with Crippen LogP contribution in [0.25, 0.3) is 0 Å². The van der Waals surface area contributed by atoms with E-state index in [2.05, 4.69) is 45.2 Å². The number of hydrogen-bond donors (Lipinski definition) is 1. The molecule has 1 N–H and O–H groups in total. The first-order valence-electron chi connectivity index (χ1n) is 6.45. The fraction of sp³-hybridized carbons (Fsp3) is 0.692. The third kappa shape index (κ3) is 4.36. The summed E-state index contributed by atoms with van der Waals surface area (Å²) in [4.78, 5) is 4.06. The van der Waals surface area contributed by atoms with Crippen LogP contribution in [-0.4, -0.2) is 31.1 Å². The van der Waals surface area contributed by atoms with E-state index >= 15 is 0 Å². The van der Waals surface area contributed by atoms with E-state index in [1.165, 1.54) is 41.1 Å². The number of hydrogen-bond acceptors (Lipinski definition) is 3. The quantitative estimate of drug-likeness (QED) is 0.896. The molecule has 0 aliphatic carbocycles. The summed E-state index contributed by atoms with van der Waals surface area (Å²) in [6.45, 7) is 8.13. The Morgan fingerprint density at radius 1 is 1.41 bits per heavy atom. The molecule has 2 nitrogen and oxygen atoms in total. The van der Waals surface area contributed by atoms with Gasteiger partial charge in [-0.1, -0.05) is 6.92 Å². The Morgan fingerprint density at radius 3 is 2.76 bits per heavy atom. The highest BCUT2D eigenvalue weighted by Crippen LogP contribution is 2.25. The van der Waals surface area contributed by atoms with Gasteiger partial charge in [0.05, 0.1) is 3.79 Å². The maximum Gasteiger partial charge on any atom is 0.0701 e. The van der Waals surface area contributed by atoms with Crippen LogP contribution in [0.1, 0.15) is 24.6 Å². The van der Waals surface area contributed by atoms with Crippen molar-refractivity contribution >= 4 is 27.3 Å². The molecule has 0 aromatic carbocycles. The van der Waals surface area contributed by atoms with Crippen LogP contribution in [0.15, 0.2) is 15.9 Å². The Bertz CT molecular complexity index is 332. The highest BCUT2D eigenvalue weighted by molar-refractivity contribution is 9.11. The molecule has 1 fully saturated rings. The second-order valence-electron chi connectivity index (χ2n) is 4.73. The zero-order valence-corrected chi connectivity index (χ0v) is 12.8. The van der Waals surface area contributed by atoms with Gasteiger partial charge in [-0.15, -0.1) is 11.3 Å². The molecule has 0 unspecified atom stereocenters. The smallest absolute Gasteiger partial charge is 0.0701 e. The number of piperidine rings is 1. The molecule has 17 heavy (non-hydrogen) atoms. The lowest BCUT2D eigenvalue weighted by Crippen LogP contribution is -2.36. The summed E-state index contributed by atoms with van der Waals surface area (Å²) in [6, 6.07) is 4.39. The number of nitrogens with zero attached hydrogens (tertiary/aromatic N) is 1. The topological polar surface area (TPSA) is 15.3 Å². The van der Waals surface area contributed by atoms with Crippen LogP contribution in [0.3, 0.4) is 0 Å².